The number of fused-ring (bicyclic) bond motifs is 4. The van der Waals surface area contributed by atoms with Gasteiger partial charge in [0.05, 0.1) is 0 Å². The average molecular weight is 237 g/mol. The smallest absolute Gasteiger partial charge is 0.137 e. The van der Waals surface area contributed by atoms with E-state index in [0.29, 0.717) is 0 Å². The second kappa shape index (κ2) is 3.52. The van der Waals surface area contributed by atoms with Gasteiger partial charge in [-0.3, -0.25) is 0 Å². The fourth-order valence-corrected chi connectivity index (χ4v) is 3.02. The van der Waals surface area contributed by atoms with Gasteiger partial charge in [-0.15, -0.1) is 0 Å². The molecule has 0 aliphatic heterocycles. The molecule has 1 aliphatic carbocycles. The highest BCUT2D eigenvalue weighted by Gasteiger charge is 2.14. The highest BCUT2D eigenvalue weighted by molar-refractivity contribution is 6.06. The van der Waals surface area contributed by atoms with Gasteiger partial charge in [0.15, 0.2) is 0 Å². The van der Waals surface area contributed by atoms with Crippen LogP contribution < -0.4 is 5.73 Å². The minimum absolute atomic E-state index is 0.756. The maximum atomic E-state index is 5.92. The lowest BCUT2D eigenvalue weighted by Crippen LogP contribution is -2.01. The molecule has 0 saturated carbocycles. The van der Waals surface area contributed by atoms with Crippen molar-refractivity contribution in [2.24, 2.45) is 0 Å². The van der Waals surface area contributed by atoms with E-state index in [-0.39, 0.29) is 0 Å². The van der Waals surface area contributed by atoms with Crippen molar-refractivity contribution in [1.82, 2.24) is 0 Å². The monoisotopic (exact) mass is 237 g/mol. The van der Waals surface area contributed by atoms with Gasteiger partial charge in [-0.25, -0.2) is 0 Å². The van der Waals surface area contributed by atoms with Crippen molar-refractivity contribution in [3.8, 4) is 0 Å². The fourth-order valence-electron chi connectivity index (χ4n) is 3.02. The van der Waals surface area contributed by atoms with Crippen molar-refractivity contribution in [2.75, 3.05) is 5.73 Å². The second-order valence-electron chi connectivity index (χ2n) is 5.18. The molecule has 18 heavy (non-hydrogen) atoms. The van der Waals surface area contributed by atoms with Crippen molar-refractivity contribution >= 4 is 27.6 Å². The summed E-state index contributed by atoms with van der Waals surface area (Å²) < 4.78 is 5.92. The first kappa shape index (κ1) is 10.0. The molecule has 2 heteroatoms. The van der Waals surface area contributed by atoms with Crippen molar-refractivity contribution < 1.29 is 4.42 Å². The summed E-state index contributed by atoms with van der Waals surface area (Å²) in [5.74, 6) is 0. The molecule has 0 radical (unpaired) electrons. The van der Waals surface area contributed by atoms with Crippen LogP contribution in [-0.4, -0.2) is 0 Å². The second-order valence-corrected chi connectivity index (χ2v) is 5.18. The van der Waals surface area contributed by atoms with Gasteiger partial charge in [0.2, 0.25) is 0 Å². The van der Waals surface area contributed by atoms with E-state index in [1.54, 1.807) is 0 Å². The van der Waals surface area contributed by atoms with Crippen molar-refractivity contribution in [3.63, 3.8) is 0 Å². The summed E-state index contributed by atoms with van der Waals surface area (Å²) in [5.41, 5.74) is 11.4. The van der Waals surface area contributed by atoms with E-state index >= 15 is 0 Å². The molecular formula is C16H15NO. The fraction of sp³-hybridized carbons (Fsp3) is 0.250. The number of hydrogen-bond donors (Lipinski definition) is 1. The topological polar surface area (TPSA) is 39.2 Å². The molecule has 0 saturated heterocycles. The van der Waals surface area contributed by atoms with Crippen LogP contribution in [0.4, 0.5) is 5.69 Å². The lowest BCUT2D eigenvalue weighted by molar-refractivity contribution is 0.659. The van der Waals surface area contributed by atoms with Crippen LogP contribution in [0.15, 0.2) is 34.7 Å². The van der Waals surface area contributed by atoms with Crippen LogP contribution in [0, 0.1) is 0 Å². The average Bonchev–Trinajstić information content (AvgIpc) is 2.72. The number of benzene rings is 2. The Morgan fingerprint density at radius 3 is 2.39 bits per heavy atom. The molecule has 0 unspecified atom stereocenters. The van der Waals surface area contributed by atoms with Crippen LogP contribution >= 0.6 is 0 Å². The summed E-state index contributed by atoms with van der Waals surface area (Å²) in [6, 6.07) is 10.4. The Morgan fingerprint density at radius 1 is 0.833 bits per heavy atom. The number of furan rings is 1. The maximum absolute atomic E-state index is 5.92. The maximum Gasteiger partial charge on any atom is 0.137 e. The van der Waals surface area contributed by atoms with Gasteiger partial charge in [-0.1, -0.05) is 0 Å². The van der Waals surface area contributed by atoms with E-state index in [0.717, 1.165) is 16.9 Å². The molecule has 0 spiro atoms. The third-order valence-corrected chi connectivity index (χ3v) is 3.96. The predicted molar refractivity (Wildman–Crippen MR) is 74.8 cm³/mol. The van der Waals surface area contributed by atoms with Crippen LogP contribution in [0.2, 0.25) is 0 Å². The van der Waals surface area contributed by atoms with Crippen LogP contribution in [0.5, 0.6) is 0 Å². The minimum atomic E-state index is 0.756. The number of rotatable bonds is 0. The molecule has 2 aromatic carbocycles. The Hall–Kier alpha value is -1.96. The Morgan fingerprint density at radius 2 is 1.56 bits per heavy atom. The Kier molecular flexibility index (Phi) is 1.95. The highest BCUT2D eigenvalue weighted by atomic mass is 16.3. The van der Waals surface area contributed by atoms with Gasteiger partial charge in [0, 0.05) is 22.5 Å². The molecule has 0 fully saturated rings. The molecule has 0 amide bonds. The summed E-state index contributed by atoms with van der Waals surface area (Å²) in [6.45, 7) is 0. The lowest BCUT2D eigenvalue weighted by atomic mass is 9.90. The first-order valence-corrected chi connectivity index (χ1v) is 6.55. The molecular weight excluding hydrogens is 222 g/mol. The molecule has 0 atom stereocenters. The first-order valence-electron chi connectivity index (χ1n) is 6.55. The third-order valence-electron chi connectivity index (χ3n) is 3.96. The van der Waals surface area contributed by atoms with E-state index in [4.69, 9.17) is 10.2 Å². The van der Waals surface area contributed by atoms with Crippen molar-refractivity contribution in [1.29, 1.82) is 0 Å². The summed E-state index contributed by atoms with van der Waals surface area (Å²) in [5, 5.41) is 2.40. The Labute approximate surface area is 105 Å². The lowest BCUT2D eigenvalue weighted by Gasteiger charge is -2.14. The molecule has 4 rings (SSSR count). The van der Waals surface area contributed by atoms with Crippen LogP contribution in [0.3, 0.4) is 0 Å². The van der Waals surface area contributed by atoms with E-state index in [1.165, 1.54) is 47.6 Å². The molecule has 1 aliphatic rings. The van der Waals surface area contributed by atoms with Crippen molar-refractivity contribution in [2.45, 2.75) is 25.7 Å². The highest BCUT2D eigenvalue weighted by Crippen LogP contribution is 2.34. The molecule has 2 nitrogen and oxygen atoms in total. The van der Waals surface area contributed by atoms with Gasteiger partial charge in [0.25, 0.3) is 0 Å². The summed E-state index contributed by atoms with van der Waals surface area (Å²) >= 11 is 0. The number of nitrogen functional groups attached to an aromatic ring is 1. The molecule has 1 aromatic heterocycles. The quantitative estimate of drug-likeness (QED) is 0.599. The normalized spacial score (nSPS) is 15.1. The zero-order valence-electron chi connectivity index (χ0n) is 10.2. The van der Waals surface area contributed by atoms with Crippen LogP contribution in [0.1, 0.15) is 24.0 Å². The third kappa shape index (κ3) is 1.35. The molecule has 90 valence electrons. The zero-order valence-corrected chi connectivity index (χ0v) is 10.2. The molecule has 1 heterocycles. The summed E-state index contributed by atoms with van der Waals surface area (Å²) in [6.07, 6.45) is 4.99. The summed E-state index contributed by atoms with van der Waals surface area (Å²) in [4.78, 5) is 0. The number of anilines is 1. The standard InChI is InChI=1S/C16H15NO/c17-12-5-6-13-14-7-10-3-1-2-4-11(10)8-15(14)18-16(13)9-12/h5-9H,1-4,17H2. The Balaban J connectivity index is 2.09. The van der Waals surface area contributed by atoms with Crippen LogP contribution in [0.25, 0.3) is 21.9 Å². The van der Waals surface area contributed by atoms with Gasteiger partial charge in [0.1, 0.15) is 11.2 Å². The largest absolute Gasteiger partial charge is 0.456 e. The minimum Gasteiger partial charge on any atom is -0.456 e. The van der Waals surface area contributed by atoms with Gasteiger partial charge in [-0.05, 0) is 61.1 Å². The number of nitrogens with two attached hydrogens (primary N) is 1. The van der Waals surface area contributed by atoms with E-state index < -0.39 is 0 Å². The summed E-state index contributed by atoms with van der Waals surface area (Å²) in [7, 11) is 0. The van der Waals surface area contributed by atoms with Crippen molar-refractivity contribution in [3.05, 3.63) is 41.5 Å². The SMILES string of the molecule is Nc1ccc2c(c1)oc1cc3c(cc12)CCCC3. The number of hydrogen-bond acceptors (Lipinski definition) is 2. The molecule has 2 N–H and O–H groups in total. The van der Waals surface area contributed by atoms with E-state index in [1.807, 2.05) is 12.1 Å². The molecule has 0 bridgehead atoms. The van der Waals surface area contributed by atoms with Gasteiger partial charge >= 0.3 is 0 Å². The number of aryl methyl sites for hydroxylation is 2. The zero-order chi connectivity index (χ0) is 12.1. The van der Waals surface area contributed by atoms with E-state index in [9.17, 15) is 0 Å². The van der Waals surface area contributed by atoms with Gasteiger partial charge in [-0.2, -0.15) is 0 Å². The predicted octanol–water partition coefficient (Wildman–Crippen LogP) is 4.05. The first-order chi connectivity index (χ1) is 8.81. The Bertz CT molecular complexity index is 754. The van der Waals surface area contributed by atoms with E-state index in [2.05, 4.69) is 18.2 Å². The van der Waals surface area contributed by atoms with Crippen LogP contribution in [-0.2, 0) is 12.8 Å². The molecule has 3 aromatic rings. The van der Waals surface area contributed by atoms with Gasteiger partial charge < -0.3 is 10.2 Å².